The molecule has 9 aromatic carbocycles. The van der Waals surface area contributed by atoms with Gasteiger partial charge in [-0.2, -0.15) is 0 Å². The molecule has 6 heteroatoms. The van der Waals surface area contributed by atoms with E-state index in [9.17, 15) is 0 Å². The molecule has 0 aliphatic carbocycles. The first-order valence-corrected chi connectivity index (χ1v) is 21.3. The maximum atomic E-state index is 5.44. The van der Waals surface area contributed by atoms with Crippen molar-refractivity contribution in [3.8, 4) is 45.5 Å². The van der Waals surface area contributed by atoms with Gasteiger partial charge in [0.1, 0.15) is 0 Å². The molecule has 0 N–H and O–H groups in total. The van der Waals surface area contributed by atoms with Gasteiger partial charge >= 0.3 is 0 Å². The molecule has 0 saturated carbocycles. The van der Waals surface area contributed by atoms with Crippen molar-refractivity contribution < 1.29 is 0 Å². The summed E-state index contributed by atoms with van der Waals surface area (Å²) in [6, 6.07) is 71.4. The Balaban J connectivity index is 1.11. The van der Waals surface area contributed by atoms with Crippen molar-refractivity contribution in [2.75, 3.05) is 0 Å². The predicted octanol–water partition coefficient (Wildman–Crippen LogP) is 14.6. The second kappa shape index (κ2) is 13.3. The average Bonchev–Trinajstić information content (AvgIpc) is 4.00. The number of para-hydroxylation sites is 4. The van der Waals surface area contributed by atoms with Crippen LogP contribution in [-0.2, 0) is 0 Å². The van der Waals surface area contributed by atoms with Gasteiger partial charge in [0.15, 0.2) is 17.5 Å². The molecule has 0 fully saturated rings. The molecule has 0 saturated heterocycles. The number of benzene rings is 9. The summed E-state index contributed by atoms with van der Waals surface area (Å²) in [6.45, 7) is 0. The van der Waals surface area contributed by atoms with Crippen LogP contribution in [0.5, 0.6) is 0 Å². The monoisotopic (exact) mass is 795 g/mol. The summed E-state index contributed by atoms with van der Waals surface area (Å²) in [4.78, 5) is 16.1. The quantitative estimate of drug-likeness (QED) is 0.174. The van der Waals surface area contributed by atoms with Crippen LogP contribution < -0.4 is 0 Å². The van der Waals surface area contributed by atoms with Crippen molar-refractivity contribution in [1.82, 2.24) is 24.1 Å². The van der Waals surface area contributed by atoms with Gasteiger partial charge in [0.2, 0.25) is 0 Å². The minimum atomic E-state index is 0.634. The molecular weight excluding hydrogens is 763 g/mol. The summed E-state index contributed by atoms with van der Waals surface area (Å²) < 4.78 is 7.29. The highest BCUT2D eigenvalue weighted by molar-refractivity contribution is 7.25. The largest absolute Gasteiger partial charge is 0.307 e. The number of thiophene rings is 1. The van der Waals surface area contributed by atoms with E-state index < -0.39 is 0 Å². The molecule has 5 nitrogen and oxygen atoms in total. The number of fused-ring (bicyclic) bond motifs is 10. The normalized spacial score (nSPS) is 11.9. The third-order valence-corrected chi connectivity index (χ3v) is 13.3. The minimum Gasteiger partial charge on any atom is -0.307 e. The molecule has 13 rings (SSSR count). The molecule has 13 aromatic rings. The summed E-state index contributed by atoms with van der Waals surface area (Å²) in [5, 5.41) is 9.34. The molecule has 0 bridgehead atoms. The molecule has 4 aromatic heterocycles. The lowest BCUT2D eigenvalue weighted by Crippen LogP contribution is -2.01. The maximum Gasteiger partial charge on any atom is 0.164 e. The third kappa shape index (κ3) is 5.16. The van der Waals surface area contributed by atoms with Gasteiger partial charge in [-0.05, 0) is 65.4 Å². The summed E-state index contributed by atoms with van der Waals surface area (Å²) in [5.41, 5.74) is 9.63. The van der Waals surface area contributed by atoms with Gasteiger partial charge in [-0.15, -0.1) is 11.3 Å². The zero-order valence-corrected chi connectivity index (χ0v) is 33.5. The Labute approximate surface area is 354 Å². The van der Waals surface area contributed by atoms with Crippen LogP contribution in [0.4, 0.5) is 0 Å². The first-order chi connectivity index (χ1) is 30.3. The standard InChI is InChI=1S/C55H33N5S/c1-2-17-37(18-3-1)59-44-25-9-6-19-38(44)39-22-12-28-47(52(39)59)60-45-26-10-7-20-40(45)50-42(23-13-27-46(50)60)54-56-53(36-32-31-34-15-4-5-16-35(34)33-36)57-55(58-54)43-24-14-30-49-51(43)41-21-8-11-29-48(41)61-49/h1-33H. The first kappa shape index (κ1) is 34.0. The van der Waals surface area contributed by atoms with Gasteiger partial charge in [0, 0.05) is 64.1 Å². The van der Waals surface area contributed by atoms with Crippen molar-refractivity contribution >= 4 is 85.9 Å². The fourth-order valence-electron chi connectivity index (χ4n) is 9.53. The second-order valence-corrected chi connectivity index (χ2v) is 16.6. The fraction of sp³-hybridized carbons (Fsp3) is 0. The van der Waals surface area contributed by atoms with Gasteiger partial charge in [-0.1, -0.05) is 146 Å². The van der Waals surface area contributed by atoms with Gasteiger partial charge in [0.05, 0.1) is 27.8 Å². The maximum absolute atomic E-state index is 5.44. The summed E-state index contributed by atoms with van der Waals surface area (Å²) >= 11 is 1.80. The number of aromatic nitrogens is 5. The molecular formula is C55H33N5S. The number of hydrogen-bond donors (Lipinski definition) is 0. The molecule has 4 heterocycles. The van der Waals surface area contributed by atoms with Crippen molar-refractivity contribution in [2.24, 2.45) is 0 Å². The molecule has 0 atom stereocenters. The molecule has 0 radical (unpaired) electrons. The Morgan fingerprint density at radius 3 is 1.79 bits per heavy atom. The van der Waals surface area contributed by atoms with E-state index in [4.69, 9.17) is 15.0 Å². The van der Waals surface area contributed by atoms with E-state index in [0.717, 1.165) is 60.8 Å². The van der Waals surface area contributed by atoms with E-state index in [2.05, 4.69) is 209 Å². The third-order valence-electron chi connectivity index (χ3n) is 12.2. The van der Waals surface area contributed by atoms with E-state index >= 15 is 0 Å². The van der Waals surface area contributed by atoms with Crippen molar-refractivity contribution in [2.45, 2.75) is 0 Å². The van der Waals surface area contributed by atoms with Crippen LogP contribution in [0, 0.1) is 0 Å². The fourth-order valence-corrected chi connectivity index (χ4v) is 10.7. The lowest BCUT2D eigenvalue weighted by atomic mass is 10.0. The summed E-state index contributed by atoms with van der Waals surface area (Å²) in [5.74, 6) is 1.93. The van der Waals surface area contributed by atoms with Gasteiger partial charge in [-0.25, -0.2) is 15.0 Å². The molecule has 0 spiro atoms. The molecule has 284 valence electrons. The highest BCUT2D eigenvalue weighted by atomic mass is 32.1. The summed E-state index contributed by atoms with van der Waals surface area (Å²) in [6.07, 6.45) is 0. The van der Waals surface area contributed by atoms with Crippen LogP contribution in [0.2, 0.25) is 0 Å². The molecule has 0 unspecified atom stereocenters. The molecule has 0 amide bonds. The van der Waals surface area contributed by atoms with Crippen molar-refractivity contribution in [3.63, 3.8) is 0 Å². The van der Waals surface area contributed by atoms with Gasteiger partial charge in [0.25, 0.3) is 0 Å². The van der Waals surface area contributed by atoms with Crippen LogP contribution in [0.15, 0.2) is 200 Å². The Bertz CT molecular complexity index is 3890. The zero-order chi connectivity index (χ0) is 40.0. The van der Waals surface area contributed by atoms with E-state index in [1.54, 1.807) is 11.3 Å². The van der Waals surface area contributed by atoms with E-state index in [1.165, 1.54) is 41.8 Å². The Morgan fingerprint density at radius 2 is 0.951 bits per heavy atom. The molecule has 61 heavy (non-hydrogen) atoms. The van der Waals surface area contributed by atoms with Gasteiger partial charge < -0.3 is 9.13 Å². The molecule has 0 aliphatic rings. The second-order valence-electron chi connectivity index (χ2n) is 15.6. The van der Waals surface area contributed by atoms with Crippen LogP contribution in [0.3, 0.4) is 0 Å². The lowest BCUT2D eigenvalue weighted by molar-refractivity contribution is 1.08. The highest BCUT2D eigenvalue weighted by Gasteiger charge is 2.23. The van der Waals surface area contributed by atoms with Crippen LogP contribution in [-0.4, -0.2) is 24.1 Å². The van der Waals surface area contributed by atoms with Crippen LogP contribution in [0.25, 0.3) is 120 Å². The zero-order valence-electron chi connectivity index (χ0n) is 32.7. The number of hydrogen-bond acceptors (Lipinski definition) is 4. The van der Waals surface area contributed by atoms with Crippen molar-refractivity contribution in [3.05, 3.63) is 200 Å². The predicted molar refractivity (Wildman–Crippen MR) is 255 cm³/mol. The Kier molecular flexibility index (Phi) is 7.41. The number of rotatable bonds is 5. The smallest absolute Gasteiger partial charge is 0.164 e. The van der Waals surface area contributed by atoms with Crippen molar-refractivity contribution in [1.29, 1.82) is 0 Å². The highest BCUT2D eigenvalue weighted by Crippen LogP contribution is 2.44. The SMILES string of the molecule is c1ccc(-n2c3ccccc3c3cccc(-n4c5ccccc5c5c(-c6nc(-c7ccc8ccccc8c7)nc(-c7cccc8sc9ccccc9c78)n6)cccc54)c32)cc1. The first-order valence-electron chi connectivity index (χ1n) is 20.5. The van der Waals surface area contributed by atoms with E-state index in [1.807, 2.05) is 0 Å². The summed E-state index contributed by atoms with van der Waals surface area (Å²) in [7, 11) is 0. The topological polar surface area (TPSA) is 48.5 Å². The lowest BCUT2D eigenvalue weighted by Gasteiger charge is -2.14. The van der Waals surface area contributed by atoms with Gasteiger partial charge in [-0.3, -0.25) is 0 Å². The molecule has 0 aliphatic heterocycles. The van der Waals surface area contributed by atoms with Crippen LogP contribution >= 0.6 is 11.3 Å². The number of nitrogens with zero attached hydrogens (tertiary/aromatic N) is 5. The Morgan fingerprint density at radius 1 is 0.361 bits per heavy atom. The van der Waals surface area contributed by atoms with Crippen LogP contribution in [0.1, 0.15) is 0 Å². The average molecular weight is 796 g/mol. The minimum absolute atomic E-state index is 0.634. The van der Waals surface area contributed by atoms with E-state index in [0.29, 0.717) is 17.5 Å². The Hall–Kier alpha value is -7.93. The van der Waals surface area contributed by atoms with E-state index in [-0.39, 0.29) is 0 Å².